The van der Waals surface area contributed by atoms with Crippen LogP contribution in [-0.4, -0.2) is 109 Å². The van der Waals surface area contributed by atoms with Crippen molar-refractivity contribution in [2.24, 2.45) is 29.6 Å². The standard InChI is InChI=1S/C41H66N4O7/c1-10-25(4)37(44(7)41(50)35(24(2)3)43-40(49)36-29-18-19-30(22-29)42-36)33(51-8)23-34(47)45-20-14-17-31(45)39(52-9)27(6)32(46)21-26(5)38(48)28-15-12-11-13-16-28/h11-13,15-16,24-27,29-31,33,35-39,42,48H,10,14,17-23H2,1-9H3,(H,43,49)/t25-,26-,27-,29-,30-,31-,33+,35-,36-,37-,38+,39+/m0/s1. The fourth-order valence-corrected chi connectivity index (χ4v) is 9.06. The van der Waals surface area contributed by atoms with Gasteiger partial charge < -0.3 is 35.0 Å². The predicted molar refractivity (Wildman–Crippen MR) is 201 cm³/mol. The number of likely N-dealkylation sites (tertiary alicyclic amines) is 1. The molecule has 52 heavy (non-hydrogen) atoms. The maximum Gasteiger partial charge on any atom is 0.245 e. The van der Waals surface area contributed by atoms with Gasteiger partial charge in [-0.05, 0) is 61.3 Å². The Morgan fingerprint density at radius 2 is 1.67 bits per heavy atom. The molecule has 4 rings (SSSR count). The van der Waals surface area contributed by atoms with Gasteiger partial charge in [-0.25, -0.2) is 0 Å². The second kappa shape index (κ2) is 18.9. The molecule has 3 fully saturated rings. The summed E-state index contributed by atoms with van der Waals surface area (Å²) in [5.41, 5.74) is 0.777. The zero-order chi connectivity index (χ0) is 38.3. The minimum atomic E-state index is -0.760. The number of piperidine rings is 1. The van der Waals surface area contributed by atoms with Crippen LogP contribution in [0.4, 0.5) is 0 Å². The fraction of sp³-hybridized carbons (Fsp3) is 0.756. The molecule has 12 atom stereocenters. The van der Waals surface area contributed by atoms with Gasteiger partial charge in [-0.15, -0.1) is 0 Å². The minimum absolute atomic E-state index is 0.00872. The number of fused-ring (bicyclic) bond motifs is 2. The Labute approximate surface area is 311 Å². The first-order valence-electron chi connectivity index (χ1n) is 19.7. The molecule has 2 heterocycles. The van der Waals surface area contributed by atoms with Crippen molar-refractivity contribution in [1.29, 1.82) is 0 Å². The highest BCUT2D eigenvalue weighted by Gasteiger charge is 2.45. The highest BCUT2D eigenvalue weighted by Crippen LogP contribution is 2.36. The van der Waals surface area contributed by atoms with Gasteiger partial charge in [0.15, 0.2) is 0 Å². The first kappa shape index (κ1) is 41.9. The van der Waals surface area contributed by atoms with Crippen molar-refractivity contribution in [2.45, 2.75) is 141 Å². The molecule has 292 valence electrons. The quantitative estimate of drug-likeness (QED) is 0.190. The summed E-state index contributed by atoms with van der Waals surface area (Å²) in [6.45, 7) is 12.3. The topological polar surface area (TPSA) is 138 Å². The van der Waals surface area contributed by atoms with E-state index in [1.54, 1.807) is 26.2 Å². The lowest BCUT2D eigenvalue weighted by Gasteiger charge is -2.41. The van der Waals surface area contributed by atoms with Gasteiger partial charge in [-0.2, -0.15) is 0 Å². The van der Waals surface area contributed by atoms with Crippen LogP contribution in [0.25, 0.3) is 0 Å². The zero-order valence-corrected chi connectivity index (χ0v) is 33.0. The van der Waals surface area contributed by atoms with Gasteiger partial charge in [0.25, 0.3) is 0 Å². The Morgan fingerprint density at radius 3 is 2.23 bits per heavy atom. The number of carbonyl (C=O) groups excluding carboxylic acids is 4. The molecule has 0 spiro atoms. The Bertz CT molecular complexity index is 1340. The highest BCUT2D eigenvalue weighted by molar-refractivity contribution is 5.90. The molecule has 0 radical (unpaired) electrons. The number of aliphatic hydroxyl groups is 1. The Balaban J connectivity index is 1.44. The van der Waals surface area contributed by atoms with Crippen molar-refractivity contribution >= 4 is 23.5 Å². The van der Waals surface area contributed by atoms with Crippen LogP contribution in [0.1, 0.15) is 105 Å². The van der Waals surface area contributed by atoms with Gasteiger partial charge in [0.05, 0.1) is 42.9 Å². The molecule has 1 aromatic rings. The van der Waals surface area contributed by atoms with Crippen LogP contribution < -0.4 is 10.6 Å². The lowest BCUT2D eigenvalue weighted by molar-refractivity contribution is -0.147. The molecule has 1 aliphatic carbocycles. The molecule has 1 saturated carbocycles. The van der Waals surface area contributed by atoms with Crippen molar-refractivity contribution in [2.75, 3.05) is 27.8 Å². The first-order chi connectivity index (χ1) is 24.7. The lowest BCUT2D eigenvalue weighted by atomic mass is 9.85. The predicted octanol–water partition coefficient (Wildman–Crippen LogP) is 4.52. The van der Waals surface area contributed by atoms with E-state index < -0.39 is 36.3 Å². The van der Waals surface area contributed by atoms with Crippen molar-refractivity contribution in [3.05, 3.63) is 35.9 Å². The molecule has 3 N–H and O–H groups in total. The van der Waals surface area contributed by atoms with E-state index >= 15 is 0 Å². The third kappa shape index (κ3) is 9.62. The maximum atomic E-state index is 14.2. The van der Waals surface area contributed by atoms with Crippen LogP contribution in [-0.2, 0) is 28.7 Å². The van der Waals surface area contributed by atoms with E-state index in [9.17, 15) is 24.3 Å². The molecule has 11 nitrogen and oxygen atoms in total. The molecule has 0 unspecified atom stereocenters. The number of amides is 3. The van der Waals surface area contributed by atoms with E-state index in [1.807, 2.05) is 62.9 Å². The molecule has 2 saturated heterocycles. The van der Waals surface area contributed by atoms with E-state index in [2.05, 4.69) is 24.5 Å². The van der Waals surface area contributed by atoms with Crippen LogP contribution in [0, 0.1) is 29.6 Å². The smallest absolute Gasteiger partial charge is 0.245 e. The summed E-state index contributed by atoms with van der Waals surface area (Å²) in [5.74, 6) is -1.00. The monoisotopic (exact) mass is 726 g/mol. The first-order valence-corrected chi connectivity index (χ1v) is 19.7. The number of Topliss-reactive ketones (excluding diaryl/α,β-unsaturated/α-hetero) is 1. The molecule has 3 aliphatic rings. The van der Waals surface area contributed by atoms with Crippen LogP contribution in [0.2, 0.25) is 0 Å². The number of likely N-dealkylation sites (N-methyl/N-ethyl adjacent to an activating group) is 1. The van der Waals surface area contributed by atoms with E-state index in [-0.39, 0.29) is 66.2 Å². The SMILES string of the molecule is CC[C@H](C)[C@@H]([C@@H](CC(=O)N1CCC[C@H]1[C@H](OC)[C@@H](C)C(=O)C[C@H](C)[C@@H](O)c1ccccc1)OC)N(C)C(=O)[C@@H](NC(=O)[C@H]1N[C@H]2CC[C@H]1C2)C(C)C. The Kier molecular flexibility index (Phi) is 15.3. The normalized spacial score (nSPS) is 25.9. The van der Waals surface area contributed by atoms with Crippen molar-refractivity contribution in [1.82, 2.24) is 20.4 Å². The third-order valence-electron chi connectivity index (χ3n) is 12.4. The zero-order valence-electron chi connectivity index (χ0n) is 33.0. The number of nitrogens with one attached hydrogen (secondary N) is 2. The molecule has 3 amide bonds. The van der Waals surface area contributed by atoms with Crippen LogP contribution in [0.15, 0.2) is 30.3 Å². The van der Waals surface area contributed by atoms with Gasteiger partial charge in [0.1, 0.15) is 11.8 Å². The Morgan fingerprint density at radius 1 is 0.981 bits per heavy atom. The maximum absolute atomic E-state index is 14.2. The summed E-state index contributed by atoms with van der Waals surface area (Å²) in [7, 11) is 4.93. The lowest BCUT2D eigenvalue weighted by Crippen LogP contribution is -2.59. The molecule has 0 aromatic heterocycles. The van der Waals surface area contributed by atoms with E-state index in [0.29, 0.717) is 24.9 Å². The van der Waals surface area contributed by atoms with Crippen molar-refractivity contribution in [3.63, 3.8) is 0 Å². The van der Waals surface area contributed by atoms with Gasteiger partial charge in [-0.3, -0.25) is 19.2 Å². The second-order valence-corrected chi connectivity index (χ2v) is 16.2. The summed E-state index contributed by atoms with van der Waals surface area (Å²) >= 11 is 0. The number of hydrogen-bond donors (Lipinski definition) is 3. The summed E-state index contributed by atoms with van der Waals surface area (Å²) in [5, 5.41) is 17.4. The molecule has 1 aromatic carbocycles. The largest absolute Gasteiger partial charge is 0.388 e. The number of rotatable bonds is 19. The van der Waals surface area contributed by atoms with E-state index in [0.717, 1.165) is 37.7 Å². The van der Waals surface area contributed by atoms with Gasteiger partial charge in [0, 0.05) is 46.2 Å². The number of carbonyl (C=O) groups is 4. The minimum Gasteiger partial charge on any atom is -0.388 e. The number of ether oxygens (including phenoxy) is 2. The molecular weight excluding hydrogens is 660 g/mol. The number of hydrogen-bond acceptors (Lipinski definition) is 8. The number of nitrogens with zero attached hydrogens (tertiary/aromatic N) is 2. The molecular formula is C41H66N4O7. The fourth-order valence-electron chi connectivity index (χ4n) is 9.06. The summed E-state index contributed by atoms with van der Waals surface area (Å²) < 4.78 is 12.0. The Hall–Kier alpha value is -2.86. The molecule has 11 heteroatoms. The number of methoxy groups -OCH3 is 2. The van der Waals surface area contributed by atoms with Crippen molar-refractivity contribution in [3.8, 4) is 0 Å². The van der Waals surface area contributed by atoms with Crippen LogP contribution in [0.3, 0.4) is 0 Å². The number of benzene rings is 1. The van der Waals surface area contributed by atoms with Crippen molar-refractivity contribution < 1.29 is 33.8 Å². The summed E-state index contributed by atoms with van der Waals surface area (Å²) in [6, 6.07) is 8.07. The van der Waals surface area contributed by atoms with Crippen LogP contribution in [0.5, 0.6) is 0 Å². The van der Waals surface area contributed by atoms with Gasteiger partial charge >= 0.3 is 0 Å². The average Bonchev–Trinajstić information content (AvgIpc) is 3.92. The second-order valence-electron chi connectivity index (χ2n) is 16.2. The van der Waals surface area contributed by atoms with Gasteiger partial charge in [0.2, 0.25) is 17.7 Å². The van der Waals surface area contributed by atoms with Crippen LogP contribution >= 0.6 is 0 Å². The van der Waals surface area contributed by atoms with Gasteiger partial charge in [-0.1, -0.05) is 78.3 Å². The number of aliphatic hydroxyl groups excluding tert-OH is 1. The van der Waals surface area contributed by atoms with E-state index in [1.165, 1.54) is 0 Å². The third-order valence-corrected chi connectivity index (χ3v) is 12.4. The molecule has 2 bridgehead atoms. The summed E-state index contributed by atoms with van der Waals surface area (Å²) in [4.78, 5) is 58.9. The molecule has 2 aliphatic heterocycles. The average molecular weight is 727 g/mol. The van der Waals surface area contributed by atoms with E-state index in [4.69, 9.17) is 9.47 Å². The summed E-state index contributed by atoms with van der Waals surface area (Å²) in [6.07, 6.45) is 3.80. The number of ketones is 1. The highest BCUT2D eigenvalue weighted by atomic mass is 16.5.